The standard InChI is InChI=1S/C12H18N2O2/c1-12(2,3)8-14(11(15)16)10-7-5-4-6-9(10)13/h4-7H,8,13H2,1-3H3,(H,15,16). The summed E-state index contributed by atoms with van der Waals surface area (Å²) < 4.78 is 0. The fourth-order valence-corrected chi connectivity index (χ4v) is 1.46. The third kappa shape index (κ3) is 3.15. The third-order valence-corrected chi connectivity index (χ3v) is 2.09. The Bertz CT molecular complexity index is 383. The highest BCUT2D eigenvalue weighted by Gasteiger charge is 2.23. The van der Waals surface area contributed by atoms with Crippen LogP contribution in [0.3, 0.4) is 0 Å². The Morgan fingerprint density at radius 1 is 1.38 bits per heavy atom. The molecule has 0 aromatic heterocycles. The number of anilines is 2. The summed E-state index contributed by atoms with van der Waals surface area (Å²) in [7, 11) is 0. The molecule has 4 nitrogen and oxygen atoms in total. The fourth-order valence-electron chi connectivity index (χ4n) is 1.46. The summed E-state index contributed by atoms with van der Waals surface area (Å²) in [4.78, 5) is 12.5. The van der Waals surface area contributed by atoms with E-state index in [1.54, 1.807) is 24.3 Å². The molecule has 1 rings (SSSR count). The number of carboxylic acid groups (broad SMARTS) is 1. The van der Waals surface area contributed by atoms with Crippen LogP contribution in [0.2, 0.25) is 0 Å². The molecule has 0 spiro atoms. The Morgan fingerprint density at radius 3 is 2.38 bits per heavy atom. The second-order valence-electron chi connectivity index (χ2n) is 4.99. The predicted molar refractivity (Wildman–Crippen MR) is 65.7 cm³/mol. The van der Waals surface area contributed by atoms with E-state index in [1.807, 2.05) is 20.8 Å². The normalized spacial score (nSPS) is 11.2. The van der Waals surface area contributed by atoms with Gasteiger partial charge in [0.2, 0.25) is 0 Å². The van der Waals surface area contributed by atoms with Crippen LogP contribution in [0.15, 0.2) is 24.3 Å². The topological polar surface area (TPSA) is 66.6 Å². The maximum atomic E-state index is 11.2. The number of nitrogen functional groups attached to an aromatic ring is 1. The quantitative estimate of drug-likeness (QED) is 0.756. The van der Waals surface area contributed by atoms with Crippen LogP contribution in [0, 0.1) is 5.41 Å². The largest absolute Gasteiger partial charge is 0.465 e. The number of hydrogen-bond acceptors (Lipinski definition) is 2. The van der Waals surface area contributed by atoms with E-state index >= 15 is 0 Å². The lowest BCUT2D eigenvalue weighted by atomic mass is 9.96. The molecule has 4 heteroatoms. The van der Waals surface area contributed by atoms with Gasteiger partial charge in [0.1, 0.15) is 0 Å². The van der Waals surface area contributed by atoms with Crippen molar-refractivity contribution in [2.24, 2.45) is 5.41 Å². The highest BCUT2D eigenvalue weighted by atomic mass is 16.4. The minimum Gasteiger partial charge on any atom is -0.465 e. The lowest BCUT2D eigenvalue weighted by molar-refractivity contribution is 0.198. The lowest BCUT2D eigenvalue weighted by Crippen LogP contribution is -2.37. The molecule has 0 aliphatic heterocycles. The van der Waals surface area contributed by atoms with E-state index in [4.69, 9.17) is 5.73 Å². The van der Waals surface area contributed by atoms with Gasteiger partial charge in [-0.2, -0.15) is 0 Å². The van der Waals surface area contributed by atoms with Crippen molar-refractivity contribution in [3.05, 3.63) is 24.3 Å². The van der Waals surface area contributed by atoms with Gasteiger partial charge >= 0.3 is 6.09 Å². The number of benzene rings is 1. The van der Waals surface area contributed by atoms with Crippen LogP contribution in [0.4, 0.5) is 16.2 Å². The molecule has 0 aliphatic rings. The third-order valence-electron chi connectivity index (χ3n) is 2.09. The number of rotatable bonds is 2. The summed E-state index contributed by atoms with van der Waals surface area (Å²) >= 11 is 0. The lowest BCUT2D eigenvalue weighted by Gasteiger charge is -2.28. The zero-order valence-corrected chi connectivity index (χ0v) is 9.90. The van der Waals surface area contributed by atoms with Crippen LogP contribution in [0.25, 0.3) is 0 Å². The summed E-state index contributed by atoms with van der Waals surface area (Å²) in [5, 5.41) is 9.18. The Morgan fingerprint density at radius 2 is 1.94 bits per heavy atom. The van der Waals surface area contributed by atoms with Crippen molar-refractivity contribution in [1.29, 1.82) is 0 Å². The Labute approximate surface area is 95.7 Å². The van der Waals surface area contributed by atoms with Crippen molar-refractivity contribution in [2.45, 2.75) is 20.8 Å². The van der Waals surface area contributed by atoms with Crippen molar-refractivity contribution < 1.29 is 9.90 Å². The van der Waals surface area contributed by atoms with E-state index in [0.717, 1.165) is 0 Å². The molecule has 0 atom stereocenters. The van der Waals surface area contributed by atoms with Gasteiger partial charge in [-0.05, 0) is 17.5 Å². The van der Waals surface area contributed by atoms with Gasteiger partial charge in [-0.25, -0.2) is 4.79 Å². The van der Waals surface area contributed by atoms with Crippen molar-refractivity contribution >= 4 is 17.5 Å². The van der Waals surface area contributed by atoms with E-state index in [-0.39, 0.29) is 5.41 Å². The first-order valence-corrected chi connectivity index (χ1v) is 5.16. The molecule has 0 heterocycles. The Balaban J connectivity index is 3.04. The van der Waals surface area contributed by atoms with Gasteiger partial charge in [-0.1, -0.05) is 32.9 Å². The number of carbonyl (C=O) groups is 1. The number of hydrogen-bond donors (Lipinski definition) is 2. The minimum atomic E-state index is -0.979. The maximum Gasteiger partial charge on any atom is 0.411 e. The molecule has 0 bridgehead atoms. The molecule has 0 saturated carbocycles. The number of nitrogens with two attached hydrogens (primary N) is 1. The molecular weight excluding hydrogens is 204 g/mol. The average molecular weight is 222 g/mol. The number of para-hydroxylation sites is 2. The minimum absolute atomic E-state index is 0.110. The highest BCUT2D eigenvalue weighted by Crippen LogP contribution is 2.26. The first-order valence-electron chi connectivity index (χ1n) is 5.16. The summed E-state index contributed by atoms with van der Waals surface area (Å²) in [6, 6.07) is 6.99. The van der Waals surface area contributed by atoms with Crippen LogP contribution in [-0.2, 0) is 0 Å². The molecular formula is C12H18N2O2. The van der Waals surface area contributed by atoms with Gasteiger partial charge in [0.05, 0.1) is 11.4 Å². The highest BCUT2D eigenvalue weighted by molar-refractivity contribution is 5.90. The molecule has 16 heavy (non-hydrogen) atoms. The summed E-state index contributed by atoms with van der Waals surface area (Å²) in [6.45, 7) is 6.38. The van der Waals surface area contributed by atoms with E-state index in [9.17, 15) is 9.90 Å². The van der Waals surface area contributed by atoms with Crippen molar-refractivity contribution in [1.82, 2.24) is 0 Å². The molecule has 1 amide bonds. The summed E-state index contributed by atoms with van der Waals surface area (Å²) in [6.07, 6.45) is -0.979. The fraction of sp³-hybridized carbons (Fsp3) is 0.417. The maximum absolute atomic E-state index is 11.2. The molecule has 0 radical (unpaired) electrons. The smallest absolute Gasteiger partial charge is 0.411 e. The second kappa shape index (κ2) is 4.43. The van der Waals surface area contributed by atoms with E-state index in [2.05, 4.69) is 0 Å². The average Bonchev–Trinajstić information content (AvgIpc) is 2.13. The van der Waals surface area contributed by atoms with Crippen molar-refractivity contribution in [3.8, 4) is 0 Å². The van der Waals surface area contributed by atoms with E-state index in [1.165, 1.54) is 4.90 Å². The van der Waals surface area contributed by atoms with Crippen molar-refractivity contribution in [3.63, 3.8) is 0 Å². The second-order valence-corrected chi connectivity index (χ2v) is 4.99. The van der Waals surface area contributed by atoms with Gasteiger partial charge in [0.25, 0.3) is 0 Å². The zero-order valence-electron chi connectivity index (χ0n) is 9.90. The van der Waals surface area contributed by atoms with Crippen LogP contribution in [0.1, 0.15) is 20.8 Å². The monoisotopic (exact) mass is 222 g/mol. The van der Waals surface area contributed by atoms with E-state index < -0.39 is 6.09 Å². The Kier molecular flexibility index (Phi) is 3.42. The van der Waals surface area contributed by atoms with Crippen LogP contribution in [0.5, 0.6) is 0 Å². The van der Waals surface area contributed by atoms with Gasteiger partial charge < -0.3 is 10.8 Å². The van der Waals surface area contributed by atoms with Crippen LogP contribution >= 0.6 is 0 Å². The molecule has 3 N–H and O–H groups in total. The van der Waals surface area contributed by atoms with Gasteiger partial charge in [-0.3, -0.25) is 4.90 Å². The van der Waals surface area contributed by atoms with Gasteiger partial charge in [0, 0.05) is 6.54 Å². The van der Waals surface area contributed by atoms with Crippen LogP contribution in [-0.4, -0.2) is 17.7 Å². The number of nitrogens with zero attached hydrogens (tertiary/aromatic N) is 1. The Hall–Kier alpha value is -1.71. The molecule has 0 fully saturated rings. The number of amides is 1. The summed E-state index contributed by atoms with van der Waals surface area (Å²) in [5.74, 6) is 0. The molecule has 0 aliphatic carbocycles. The molecule has 1 aromatic rings. The molecule has 0 saturated heterocycles. The van der Waals surface area contributed by atoms with Crippen LogP contribution < -0.4 is 10.6 Å². The van der Waals surface area contributed by atoms with Crippen molar-refractivity contribution in [2.75, 3.05) is 17.2 Å². The first-order chi connectivity index (χ1) is 7.31. The molecule has 1 aromatic carbocycles. The van der Waals surface area contributed by atoms with Gasteiger partial charge in [-0.15, -0.1) is 0 Å². The molecule has 0 unspecified atom stereocenters. The zero-order chi connectivity index (χ0) is 12.3. The van der Waals surface area contributed by atoms with Gasteiger partial charge in [0.15, 0.2) is 0 Å². The van der Waals surface area contributed by atoms with E-state index in [0.29, 0.717) is 17.9 Å². The molecule has 88 valence electrons. The first kappa shape index (κ1) is 12.4. The SMILES string of the molecule is CC(C)(C)CN(C(=O)O)c1ccccc1N. The predicted octanol–water partition coefficient (Wildman–Crippen LogP) is 2.80. The summed E-state index contributed by atoms with van der Waals surface area (Å²) in [5.41, 5.74) is 6.69.